The minimum absolute atomic E-state index is 0.0207. The average Bonchev–Trinajstić information content (AvgIpc) is 3.41. The number of alkyl halides is 1. The van der Waals surface area contributed by atoms with E-state index in [4.69, 9.17) is 11.6 Å². The Labute approximate surface area is 287 Å². The molecule has 0 spiro atoms. The lowest BCUT2D eigenvalue weighted by Crippen LogP contribution is -2.55. The molecule has 2 aliphatic heterocycles. The molecule has 4 aromatic rings. The molecule has 0 radical (unpaired) electrons. The summed E-state index contributed by atoms with van der Waals surface area (Å²) in [6.45, 7) is 11.8. The van der Waals surface area contributed by atoms with E-state index in [1.165, 1.54) is 21.6 Å². The summed E-state index contributed by atoms with van der Waals surface area (Å²) in [5, 5.41) is 6.34. The molecule has 1 saturated carbocycles. The summed E-state index contributed by atoms with van der Waals surface area (Å²) in [6.07, 6.45) is 9.08. The SMILES string of the molecule is Cc1cc(Cl)cc(-c2ccnc3cc(CN4C(=O)C5CC5C4=O)sc23)c1CN1[C@@H](C)CN(Cc2cnn(CCCCBr)c2)C[C@@H]1C. The van der Waals surface area contributed by atoms with Gasteiger partial charge in [-0.3, -0.25) is 34.0 Å². The summed E-state index contributed by atoms with van der Waals surface area (Å²) < 4.78 is 3.13. The van der Waals surface area contributed by atoms with Crippen molar-refractivity contribution >= 4 is 60.9 Å². The van der Waals surface area contributed by atoms with Gasteiger partial charge < -0.3 is 0 Å². The van der Waals surface area contributed by atoms with E-state index in [9.17, 15) is 9.59 Å². The zero-order chi connectivity index (χ0) is 32.1. The van der Waals surface area contributed by atoms with E-state index in [1.807, 2.05) is 18.5 Å². The third-order valence-electron chi connectivity index (χ3n) is 9.84. The third kappa shape index (κ3) is 6.31. The number of amides is 2. The summed E-state index contributed by atoms with van der Waals surface area (Å²) in [6, 6.07) is 8.99. The van der Waals surface area contributed by atoms with Crippen LogP contribution < -0.4 is 0 Å². The number of hydrogen-bond acceptors (Lipinski definition) is 7. The van der Waals surface area contributed by atoms with Crippen molar-refractivity contribution in [3.8, 4) is 11.1 Å². The molecule has 2 saturated heterocycles. The number of benzene rings is 1. The molecule has 0 bridgehead atoms. The summed E-state index contributed by atoms with van der Waals surface area (Å²) in [7, 11) is 0. The maximum atomic E-state index is 12.7. The molecule has 242 valence electrons. The van der Waals surface area contributed by atoms with E-state index >= 15 is 0 Å². The number of piperazine rings is 1. The van der Waals surface area contributed by atoms with Gasteiger partial charge in [-0.1, -0.05) is 27.5 Å². The van der Waals surface area contributed by atoms with E-state index in [-0.39, 0.29) is 23.7 Å². The monoisotopic (exact) mass is 722 g/mol. The standard InChI is InChI=1S/C35H40BrClN6O2S/c1-21-10-25(37)11-28(27-6-8-38-32-12-26(46-33(27)32)19-43-34(44)29-13-30(29)35(43)45)31(21)20-42-22(2)15-40(16-23(42)3)17-24-14-39-41(18-24)9-5-4-7-36/h6,8,10-12,14,18,22-23,29-30H,4-5,7,9,13,15-17,19-20H2,1-3H3/t22-,23-,29?,30?/m0/s1. The number of carbonyl (C=O) groups excluding carboxylic acids is 2. The highest BCUT2D eigenvalue weighted by Crippen LogP contribution is 2.48. The summed E-state index contributed by atoms with van der Waals surface area (Å²) >= 11 is 11.8. The molecular weight excluding hydrogens is 684 g/mol. The number of unbranched alkanes of at least 4 members (excludes halogenated alkanes) is 1. The predicted molar refractivity (Wildman–Crippen MR) is 187 cm³/mol. The second-order valence-corrected chi connectivity index (χ2v) is 15.7. The van der Waals surface area contributed by atoms with Crippen molar-refractivity contribution in [3.63, 3.8) is 0 Å². The van der Waals surface area contributed by atoms with E-state index in [0.29, 0.717) is 23.7 Å². The van der Waals surface area contributed by atoms with Crippen LogP contribution >= 0.6 is 38.9 Å². The van der Waals surface area contributed by atoms with Crippen LogP contribution in [0.1, 0.15) is 54.7 Å². The van der Waals surface area contributed by atoms with E-state index in [2.05, 4.69) is 85.7 Å². The van der Waals surface area contributed by atoms with Crippen LogP contribution in [0.5, 0.6) is 0 Å². The van der Waals surface area contributed by atoms with Crippen molar-refractivity contribution in [2.24, 2.45) is 11.8 Å². The van der Waals surface area contributed by atoms with Crippen LogP contribution in [0.15, 0.2) is 42.9 Å². The first-order valence-corrected chi connectivity index (χ1v) is 18.6. The van der Waals surface area contributed by atoms with Gasteiger partial charge in [0.2, 0.25) is 11.8 Å². The second kappa shape index (κ2) is 13.1. The number of aromatic nitrogens is 3. The summed E-state index contributed by atoms with van der Waals surface area (Å²) in [4.78, 5) is 37.6. The van der Waals surface area contributed by atoms with Crippen LogP contribution in [0.25, 0.3) is 21.3 Å². The van der Waals surface area contributed by atoms with Crippen molar-refractivity contribution in [2.45, 2.75) is 78.3 Å². The molecule has 46 heavy (non-hydrogen) atoms. The molecule has 7 rings (SSSR count). The number of aryl methyl sites for hydroxylation is 2. The lowest BCUT2D eigenvalue weighted by molar-refractivity contribution is -0.141. The zero-order valence-corrected chi connectivity index (χ0v) is 29.7. The van der Waals surface area contributed by atoms with E-state index < -0.39 is 0 Å². The molecule has 1 aliphatic carbocycles. The minimum Gasteiger partial charge on any atom is -0.296 e. The van der Waals surface area contributed by atoms with Gasteiger partial charge >= 0.3 is 0 Å². The topological polar surface area (TPSA) is 74.6 Å². The molecule has 1 aromatic carbocycles. The van der Waals surface area contributed by atoms with E-state index in [0.717, 1.165) is 83.5 Å². The van der Waals surface area contributed by atoms with Crippen LogP contribution in [-0.2, 0) is 35.8 Å². The van der Waals surface area contributed by atoms with Gasteiger partial charge in [-0.25, -0.2) is 0 Å². The van der Waals surface area contributed by atoms with Crippen LogP contribution in [0.2, 0.25) is 5.02 Å². The van der Waals surface area contributed by atoms with Gasteiger partial charge in [0.05, 0.1) is 34.8 Å². The molecule has 5 heterocycles. The molecule has 3 aromatic heterocycles. The number of hydrogen-bond donors (Lipinski definition) is 0. The largest absolute Gasteiger partial charge is 0.296 e. The zero-order valence-electron chi connectivity index (χ0n) is 26.6. The molecule has 8 nitrogen and oxygen atoms in total. The number of nitrogens with zero attached hydrogens (tertiary/aromatic N) is 6. The molecule has 11 heteroatoms. The van der Waals surface area contributed by atoms with Gasteiger partial charge in [-0.15, -0.1) is 11.3 Å². The number of likely N-dealkylation sites (tertiary alicyclic amines) is 1. The van der Waals surface area contributed by atoms with Gasteiger partial charge in [-0.2, -0.15) is 5.10 Å². The normalized spacial score (nSPS) is 23.5. The molecule has 4 atom stereocenters. The number of imide groups is 1. The molecule has 3 aliphatic rings. The molecule has 2 unspecified atom stereocenters. The highest BCUT2D eigenvalue weighted by Gasteiger charge is 2.58. The fraction of sp³-hybridized carbons (Fsp3) is 0.486. The van der Waals surface area contributed by atoms with Crippen molar-refractivity contribution in [2.75, 3.05) is 18.4 Å². The fourth-order valence-corrected chi connectivity index (χ4v) is 9.19. The number of thiophene rings is 1. The Morgan fingerprint density at radius 3 is 2.50 bits per heavy atom. The highest BCUT2D eigenvalue weighted by atomic mass is 79.9. The Morgan fingerprint density at radius 2 is 1.76 bits per heavy atom. The van der Waals surface area contributed by atoms with Crippen LogP contribution in [0.3, 0.4) is 0 Å². The Hall–Kier alpha value is -2.63. The molecule has 3 fully saturated rings. The first-order valence-electron chi connectivity index (χ1n) is 16.3. The fourth-order valence-electron chi connectivity index (χ4n) is 7.39. The Balaban J connectivity index is 1.10. The van der Waals surface area contributed by atoms with Crippen LogP contribution in [-0.4, -0.2) is 71.8 Å². The maximum Gasteiger partial charge on any atom is 0.233 e. The Kier molecular flexibility index (Phi) is 9.10. The summed E-state index contributed by atoms with van der Waals surface area (Å²) in [5.74, 6) is -0.213. The van der Waals surface area contributed by atoms with Crippen molar-refractivity contribution < 1.29 is 9.59 Å². The van der Waals surface area contributed by atoms with Crippen LogP contribution in [0, 0.1) is 18.8 Å². The number of rotatable bonds is 11. The summed E-state index contributed by atoms with van der Waals surface area (Å²) in [5.41, 5.74) is 6.81. The first-order chi connectivity index (χ1) is 22.2. The molecular formula is C35H40BrClN6O2S. The number of halogens is 2. The maximum absolute atomic E-state index is 12.7. The smallest absolute Gasteiger partial charge is 0.233 e. The lowest BCUT2D eigenvalue weighted by Gasteiger charge is -2.45. The quantitative estimate of drug-likeness (QED) is 0.0954. The first kappa shape index (κ1) is 31.9. The van der Waals surface area contributed by atoms with Crippen LogP contribution in [0.4, 0.5) is 0 Å². The van der Waals surface area contributed by atoms with Crippen molar-refractivity contribution in [3.05, 3.63) is 69.4 Å². The number of carbonyl (C=O) groups is 2. The number of pyridine rings is 1. The highest BCUT2D eigenvalue weighted by molar-refractivity contribution is 9.09. The Morgan fingerprint density at radius 1 is 1.00 bits per heavy atom. The van der Waals surface area contributed by atoms with Crippen molar-refractivity contribution in [1.29, 1.82) is 0 Å². The van der Waals surface area contributed by atoms with Crippen molar-refractivity contribution in [1.82, 2.24) is 29.5 Å². The van der Waals surface area contributed by atoms with Gasteiger partial charge in [0.1, 0.15) is 0 Å². The number of fused-ring (bicyclic) bond motifs is 2. The number of piperidine rings is 1. The second-order valence-electron chi connectivity index (χ2n) is 13.3. The minimum atomic E-state index is -0.0860. The van der Waals surface area contributed by atoms with Gasteiger partial charge in [-0.05, 0) is 81.0 Å². The lowest BCUT2D eigenvalue weighted by atomic mass is 9.94. The van der Waals surface area contributed by atoms with Gasteiger partial charge in [0.25, 0.3) is 0 Å². The van der Waals surface area contributed by atoms with Gasteiger partial charge in [0, 0.05) is 83.6 Å². The third-order valence-corrected chi connectivity index (χ3v) is 11.8. The molecule has 0 N–H and O–H groups in total. The van der Waals surface area contributed by atoms with E-state index in [1.54, 1.807) is 11.3 Å². The average molecular weight is 724 g/mol. The molecule has 2 amide bonds. The Bertz CT molecular complexity index is 1760. The van der Waals surface area contributed by atoms with Gasteiger partial charge in [0.15, 0.2) is 0 Å². The predicted octanol–water partition coefficient (Wildman–Crippen LogP) is 6.90.